The number of methoxy groups -OCH3 is 1. The molecule has 0 unspecified atom stereocenters. The van der Waals surface area contributed by atoms with Crippen LogP contribution in [0.15, 0.2) is 54.6 Å². The van der Waals surface area contributed by atoms with Gasteiger partial charge in [-0.05, 0) is 49.2 Å². The average molecular weight is 455 g/mol. The number of aliphatic hydroxyl groups excluding tert-OH is 2. The van der Waals surface area contributed by atoms with Crippen LogP contribution in [0.25, 0.3) is 0 Å². The van der Waals surface area contributed by atoms with Crippen molar-refractivity contribution in [2.45, 2.75) is 38.5 Å². The summed E-state index contributed by atoms with van der Waals surface area (Å²) in [4.78, 5) is 26.7. The minimum Gasteiger partial charge on any atom is -0.497 e. The number of ether oxygens (including phenoxy) is 1. The molecule has 2 aromatic carbocycles. The lowest BCUT2D eigenvalue weighted by Gasteiger charge is -2.27. The molecule has 2 amide bonds. The fraction of sp³-hybridized carbons (Fsp3) is 0.360. The van der Waals surface area contributed by atoms with E-state index in [9.17, 15) is 19.8 Å². The molecule has 1 aliphatic heterocycles. The number of hydrogen-bond donors (Lipinski definition) is 4. The van der Waals surface area contributed by atoms with Gasteiger partial charge in [0, 0.05) is 23.8 Å². The van der Waals surface area contributed by atoms with Gasteiger partial charge >= 0.3 is 0 Å². The zero-order chi connectivity index (χ0) is 24.2. The summed E-state index contributed by atoms with van der Waals surface area (Å²) >= 11 is 0. The summed E-state index contributed by atoms with van der Waals surface area (Å²) in [6.45, 7) is 3.35. The van der Waals surface area contributed by atoms with Gasteiger partial charge in [0.1, 0.15) is 11.9 Å². The standard InChI is InChI=1S/C25H30N2O6/c1-16(6-4-5-13-28)25(32)21-14-20(33-3)11-12-22(21)27(24(25)31)15-18-7-9-19(10-8-18)26-23(30)17(2)29/h4,6-12,14,16-17,28-29,32H,5,13,15H2,1-3H3,(H,26,30)/b6-4+/t16-,17-,25+/m0/s1. The van der Waals surface area contributed by atoms with E-state index < -0.39 is 29.4 Å². The quantitative estimate of drug-likeness (QED) is 0.432. The molecule has 0 radical (unpaired) electrons. The highest BCUT2D eigenvalue weighted by atomic mass is 16.5. The maximum absolute atomic E-state index is 13.5. The summed E-state index contributed by atoms with van der Waals surface area (Å²) in [6, 6.07) is 12.1. The van der Waals surface area contributed by atoms with Crippen molar-refractivity contribution in [3.05, 3.63) is 65.7 Å². The number of rotatable bonds is 9. The van der Waals surface area contributed by atoms with Gasteiger partial charge in [-0.2, -0.15) is 0 Å². The van der Waals surface area contributed by atoms with E-state index in [1.165, 1.54) is 18.9 Å². The Balaban J connectivity index is 1.90. The van der Waals surface area contributed by atoms with Crippen LogP contribution in [0.2, 0.25) is 0 Å². The smallest absolute Gasteiger partial charge is 0.264 e. The predicted octanol–water partition coefficient (Wildman–Crippen LogP) is 2.32. The zero-order valence-electron chi connectivity index (χ0n) is 19.0. The van der Waals surface area contributed by atoms with E-state index in [1.807, 2.05) is 0 Å². The minimum atomic E-state index is -1.78. The molecule has 4 N–H and O–H groups in total. The Morgan fingerprint density at radius 1 is 1.21 bits per heavy atom. The van der Waals surface area contributed by atoms with Crippen LogP contribution in [0.5, 0.6) is 5.75 Å². The van der Waals surface area contributed by atoms with Crippen molar-refractivity contribution in [3.63, 3.8) is 0 Å². The Bertz CT molecular complexity index is 1030. The van der Waals surface area contributed by atoms with Crippen LogP contribution in [-0.2, 0) is 21.7 Å². The zero-order valence-corrected chi connectivity index (χ0v) is 19.0. The molecule has 33 heavy (non-hydrogen) atoms. The van der Waals surface area contributed by atoms with E-state index in [0.29, 0.717) is 29.1 Å². The van der Waals surface area contributed by atoms with Gasteiger partial charge in [-0.3, -0.25) is 9.59 Å². The van der Waals surface area contributed by atoms with Crippen molar-refractivity contribution in [1.82, 2.24) is 0 Å². The highest BCUT2D eigenvalue weighted by Gasteiger charge is 2.52. The molecule has 8 nitrogen and oxygen atoms in total. The Morgan fingerprint density at radius 3 is 2.52 bits per heavy atom. The summed E-state index contributed by atoms with van der Waals surface area (Å²) in [6.07, 6.45) is 2.80. The summed E-state index contributed by atoms with van der Waals surface area (Å²) in [7, 11) is 1.53. The molecule has 3 atom stereocenters. The van der Waals surface area contributed by atoms with Crippen LogP contribution >= 0.6 is 0 Å². The third-order valence-electron chi connectivity index (χ3n) is 5.80. The number of carbonyl (C=O) groups excluding carboxylic acids is 2. The molecule has 0 spiro atoms. The number of nitrogens with one attached hydrogen (secondary N) is 1. The SMILES string of the molecule is COc1ccc2c(c1)[C@](O)([C@@H](C)/C=C/CCO)C(=O)N2Cc1ccc(NC(=O)[C@H](C)O)cc1. The fourth-order valence-electron chi connectivity index (χ4n) is 3.85. The van der Waals surface area contributed by atoms with Crippen molar-refractivity contribution in [2.24, 2.45) is 5.92 Å². The number of nitrogens with zero attached hydrogens (tertiary/aromatic N) is 1. The lowest BCUT2D eigenvalue weighted by Crippen LogP contribution is -2.44. The van der Waals surface area contributed by atoms with Crippen molar-refractivity contribution in [3.8, 4) is 5.75 Å². The number of anilines is 2. The lowest BCUT2D eigenvalue weighted by atomic mass is 9.83. The molecule has 0 aliphatic carbocycles. The molecule has 2 aromatic rings. The van der Waals surface area contributed by atoms with E-state index in [2.05, 4.69) is 5.32 Å². The van der Waals surface area contributed by atoms with Crippen LogP contribution in [0.3, 0.4) is 0 Å². The van der Waals surface area contributed by atoms with Crippen molar-refractivity contribution in [2.75, 3.05) is 23.9 Å². The third kappa shape index (κ3) is 4.93. The number of fused-ring (bicyclic) bond motifs is 1. The molecule has 176 valence electrons. The minimum absolute atomic E-state index is 0.0141. The van der Waals surface area contributed by atoms with E-state index in [1.54, 1.807) is 61.5 Å². The molecular weight excluding hydrogens is 424 g/mol. The maximum Gasteiger partial charge on any atom is 0.264 e. The number of aliphatic hydroxyl groups is 3. The van der Waals surface area contributed by atoms with Gasteiger partial charge in [0.15, 0.2) is 5.60 Å². The first-order valence-corrected chi connectivity index (χ1v) is 10.8. The molecule has 0 fully saturated rings. The predicted molar refractivity (Wildman–Crippen MR) is 125 cm³/mol. The molecule has 1 heterocycles. The van der Waals surface area contributed by atoms with Crippen LogP contribution in [0, 0.1) is 5.92 Å². The molecule has 8 heteroatoms. The normalized spacial score (nSPS) is 19.5. The van der Waals surface area contributed by atoms with E-state index in [4.69, 9.17) is 9.84 Å². The van der Waals surface area contributed by atoms with Gasteiger partial charge in [0.05, 0.1) is 19.3 Å². The van der Waals surface area contributed by atoms with Crippen LogP contribution in [-0.4, -0.2) is 47.0 Å². The summed E-state index contributed by atoms with van der Waals surface area (Å²) < 4.78 is 5.32. The largest absolute Gasteiger partial charge is 0.497 e. The topological polar surface area (TPSA) is 119 Å². The number of amides is 2. The first-order valence-electron chi connectivity index (χ1n) is 10.8. The molecule has 0 aromatic heterocycles. The van der Waals surface area contributed by atoms with Gasteiger partial charge in [0.2, 0.25) is 0 Å². The van der Waals surface area contributed by atoms with Gasteiger partial charge in [-0.1, -0.05) is 31.2 Å². The first kappa shape index (κ1) is 24.4. The number of carbonyl (C=O) groups is 2. The summed E-state index contributed by atoms with van der Waals surface area (Å²) in [5.74, 6) is -0.955. The fourth-order valence-corrected chi connectivity index (χ4v) is 3.85. The van der Waals surface area contributed by atoms with E-state index in [0.717, 1.165) is 5.56 Å². The third-order valence-corrected chi connectivity index (χ3v) is 5.80. The lowest BCUT2D eigenvalue weighted by molar-refractivity contribution is -0.139. The first-order chi connectivity index (χ1) is 15.7. The van der Waals surface area contributed by atoms with Gasteiger partial charge in [0.25, 0.3) is 11.8 Å². The maximum atomic E-state index is 13.5. The van der Waals surface area contributed by atoms with Gasteiger partial charge < -0.3 is 30.3 Å². The Morgan fingerprint density at radius 2 is 1.91 bits per heavy atom. The van der Waals surface area contributed by atoms with Crippen LogP contribution in [0.4, 0.5) is 11.4 Å². The van der Waals surface area contributed by atoms with Crippen molar-refractivity contribution < 1.29 is 29.6 Å². The second-order valence-corrected chi connectivity index (χ2v) is 8.13. The Kier molecular flexibility index (Phi) is 7.53. The molecular formula is C25H30N2O6. The Labute approximate surface area is 193 Å². The number of hydrogen-bond acceptors (Lipinski definition) is 6. The van der Waals surface area contributed by atoms with Crippen molar-refractivity contribution in [1.29, 1.82) is 0 Å². The monoisotopic (exact) mass is 454 g/mol. The molecule has 1 aliphatic rings. The van der Waals surface area contributed by atoms with Gasteiger partial charge in [-0.25, -0.2) is 0 Å². The highest BCUT2D eigenvalue weighted by molar-refractivity contribution is 6.07. The van der Waals surface area contributed by atoms with Gasteiger partial charge in [-0.15, -0.1) is 0 Å². The van der Waals surface area contributed by atoms with E-state index in [-0.39, 0.29) is 13.2 Å². The number of benzene rings is 2. The van der Waals surface area contributed by atoms with E-state index >= 15 is 0 Å². The highest BCUT2D eigenvalue weighted by Crippen LogP contribution is 2.47. The van der Waals surface area contributed by atoms with Crippen LogP contribution < -0.4 is 15.0 Å². The second-order valence-electron chi connectivity index (χ2n) is 8.13. The summed E-state index contributed by atoms with van der Waals surface area (Å²) in [5, 5.41) is 32.6. The molecule has 0 saturated carbocycles. The molecule has 3 rings (SSSR count). The Hall–Kier alpha value is -3.20. The van der Waals surface area contributed by atoms with Crippen molar-refractivity contribution >= 4 is 23.2 Å². The molecule has 0 saturated heterocycles. The van der Waals surface area contributed by atoms with Crippen LogP contribution in [0.1, 0.15) is 31.4 Å². The second kappa shape index (κ2) is 10.2. The molecule has 0 bridgehead atoms. The average Bonchev–Trinajstić information content (AvgIpc) is 3.02. The summed E-state index contributed by atoms with van der Waals surface area (Å²) in [5.41, 5.74) is 0.613.